The zero-order valence-electron chi connectivity index (χ0n) is 11.5. The van der Waals surface area contributed by atoms with Gasteiger partial charge in [-0.2, -0.15) is 0 Å². The molecule has 0 radical (unpaired) electrons. The van der Waals surface area contributed by atoms with Crippen LogP contribution in [0, 0.1) is 6.92 Å². The molecule has 1 N–H and O–H groups in total. The number of thioether (sulfide) groups is 1. The van der Waals surface area contributed by atoms with Gasteiger partial charge in [0.15, 0.2) is 0 Å². The van der Waals surface area contributed by atoms with Gasteiger partial charge in [-0.15, -0.1) is 23.1 Å². The number of hydrogen-bond donors (Lipinski definition) is 1. The van der Waals surface area contributed by atoms with Crippen LogP contribution in [0.3, 0.4) is 0 Å². The second kappa shape index (κ2) is 7.68. The molecule has 19 heavy (non-hydrogen) atoms. The Hall–Kier alpha value is -0.840. The molecule has 0 fully saturated rings. The van der Waals surface area contributed by atoms with Gasteiger partial charge in [0.25, 0.3) is 0 Å². The Morgan fingerprint density at radius 1 is 1.26 bits per heavy atom. The van der Waals surface area contributed by atoms with E-state index in [-0.39, 0.29) is 0 Å². The first-order valence-electron chi connectivity index (χ1n) is 6.61. The molecule has 2 rings (SSSR count). The van der Waals surface area contributed by atoms with Crippen LogP contribution >= 0.6 is 23.1 Å². The highest BCUT2D eigenvalue weighted by Crippen LogP contribution is 2.23. The quantitative estimate of drug-likeness (QED) is 0.610. The summed E-state index contributed by atoms with van der Waals surface area (Å²) in [6.45, 7) is 6.29. The van der Waals surface area contributed by atoms with Crippen molar-refractivity contribution >= 4 is 23.1 Å². The lowest BCUT2D eigenvalue weighted by atomic mass is 10.2. The Morgan fingerprint density at radius 2 is 2.05 bits per heavy atom. The fourth-order valence-corrected chi connectivity index (χ4v) is 3.25. The number of thiazole rings is 1. The van der Waals surface area contributed by atoms with E-state index < -0.39 is 0 Å². The van der Waals surface area contributed by atoms with Crippen LogP contribution in [-0.4, -0.2) is 11.5 Å². The maximum absolute atomic E-state index is 4.48. The van der Waals surface area contributed by atoms with Gasteiger partial charge in [-0.25, -0.2) is 4.98 Å². The molecular weight excluding hydrogens is 272 g/mol. The minimum Gasteiger partial charge on any atom is -0.313 e. The molecule has 0 aliphatic rings. The zero-order chi connectivity index (χ0) is 13.5. The van der Waals surface area contributed by atoms with E-state index in [1.165, 1.54) is 22.6 Å². The van der Waals surface area contributed by atoms with Crippen LogP contribution in [0.25, 0.3) is 0 Å². The molecule has 0 unspecified atom stereocenters. The smallest absolute Gasteiger partial charge is 0.0897 e. The van der Waals surface area contributed by atoms with E-state index in [0.29, 0.717) is 0 Å². The van der Waals surface area contributed by atoms with E-state index in [1.54, 1.807) is 11.3 Å². The van der Waals surface area contributed by atoms with Gasteiger partial charge in [0.1, 0.15) is 0 Å². The van der Waals surface area contributed by atoms with Crippen LogP contribution in [0.15, 0.2) is 34.5 Å². The fraction of sp³-hybridized carbons (Fsp3) is 0.400. The number of nitrogens with zero attached hydrogens (tertiary/aromatic N) is 1. The fourth-order valence-electron chi connectivity index (χ4n) is 1.74. The van der Waals surface area contributed by atoms with Gasteiger partial charge in [-0.05, 0) is 37.6 Å². The van der Waals surface area contributed by atoms with Gasteiger partial charge in [0, 0.05) is 22.6 Å². The summed E-state index contributed by atoms with van der Waals surface area (Å²) >= 11 is 3.57. The number of aryl methyl sites for hydroxylation is 1. The first-order valence-corrected chi connectivity index (χ1v) is 8.48. The van der Waals surface area contributed by atoms with E-state index >= 15 is 0 Å². The molecule has 0 amide bonds. The lowest BCUT2D eigenvalue weighted by Crippen LogP contribution is -2.13. The van der Waals surface area contributed by atoms with Crippen molar-refractivity contribution in [2.45, 2.75) is 37.5 Å². The van der Waals surface area contributed by atoms with Gasteiger partial charge in [0.2, 0.25) is 0 Å². The first kappa shape index (κ1) is 14.6. The Bertz CT molecular complexity index is 491. The Balaban J connectivity index is 1.81. The summed E-state index contributed by atoms with van der Waals surface area (Å²) in [6.07, 6.45) is 1.18. The van der Waals surface area contributed by atoms with Gasteiger partial charge >= 0.3 is 0 Å². The Labute approximate surface area is 123 Å². The largest absolute Gasteiger partial charge is 0.313 e. The third kappa shape index (κ3) is 4.97. The van der Waals surface area contributed by atoms with E-state index in [1.807, 2.05) is 11.8 Å². The molecule has 2 aromatic rings. The molecule has 0 aliphatic heterocycles. The highest BCUT2D eigenvalue weighted by molar-refractivity contribution is 7.98. The third-order valence-corrected chi connectivity index (χ3v) is 4.60. The van der Waals surface area contributed by atoms with Crippen molar-refractivity contribution in [2.75, 3.05) is 6.54 Å². The maximum atomic E-state index is 4.48. The molecule has 2 nitrogen and oxygen atoms in total. The van der Waals surface area contributed by atoms with Crippen molar-refractivity contribution in [1.82, 2.24) is 10.3 Å². The highest BCUT2D eigenvalue weighted by atomic mass is 32.2. The minimum atomic E-state index is 0.956. The van der Waals surface area contributed by atoms with Crippen LogP contribution in [-0.2, 0) is 12.3 Å². The third-order valence-electron chi connectivity index (χ3n) is 2.73. The standard InChI is InChI=1S/C15H20N2S2/c1-3-8-16-9-13-4-6-15(7-5-13)19-11-14-10-18-12(2)17-14/h4-7,10,16H,3,8-9,11H2,1-2H3. The van der Waals surface area contributed by atoms with Gasteiger partial charge < -0.3 is 5.32 Å². The number of hydrogen-bond acceptors (Lipinski definition) is 4. The minimum absolute atomic E-state index is 0.956. The predicted octanol–water partition coefficient (Wildman–Crippen LogP) is 4.24. The van der Waals surface area contributed by atoms with E-state index in [2.05, 4.69) is 53.8 Å². The molecule has 1 aromatic heterocycles. The van der Waals surface area contributed by atoms with Crippen molar-refractivity contribution in [1.29, 1.82) is 0 Å². The van der Waals surface area contributed by atoms with Gasteiger partial charge in [-0.1, -0.05) is 19.1 Å². The molecule has 1 aromatic carbocycles. The highest BCUT2D eigenvalue weighted by Gasteiger charge is 2.00. The molecule has 1 heterocycles. The summed E-state index contributed by atoms with van der Waals surface area (Å²) in [5, 5.41) is 6.71. The molecule has 0 bridgehead atoms. The first-order chi connectivity index (χ1) is 9.28. The van der Waals surface area contributed by atoms with Crippen molar-refractivity contribution in [3.8, 4) is 0 Å². The van der Waals surface area contributed by atoms with E-state index in [9.17, 15) is 0 Å². The lowest BCUT2D eigenvalue weighted by molar-refractivity contribution is 0.675. The van der Waals surface area contributed by atoms with Crippen molar-refractivity contribution in [3.05, 3.63) is 45.9 Å². The summed E-state index contributed by atoms with van der Waals surface area (Å²) in [5.74, 6) is 0.956. The molecule has 0 atom stereocenters. The average molecular weight is 292 g/mol. The normalized spacial score (nSPS) is 10.8. The molecule has 4 heteroatoms. The molecule has 0 aliphatic carbocycles. The topological polar surface area (TPSA) is 24.9 Å². The second-order valence-corrected chi connectivity index (χ2v) is 6.58. The van der Waals surface area contributed by atoms with Crippen LogP contribution in [0.4, 0.5) is 0 Å². The summed E-state index contributed by atoms with van der Waals surface area (Å²) < 4.78 is 0. The predicted molar refractivity (Wildman–Crippen MR) is 84.9 cm³/mol. The van der Waals surface area contributed by atoms with E-state index in [0.717, 1.165) is 23.8 Å². The zero-order valence-corrected chi connectivity index (χ0v) is 13.1. The number of benzene rings is 1. The Kier molecular flexibility index (Phi) is 5.89. The van der Waals surface area contributed by atoms with Crippen LogP contribution < -0.4 is 5.32 Å². The monoisotopic (exact) mass is 292 g/mol. The molecular formula is C15H20N2S2. The molecule has 0 spiro atoms. The maximum Gasteiger partial charge on any atom is 0.0897 e. The summed E-state index contributed by atoms with van der Waals surface area (Å²) in [6, 6.07) is 8.81. The second-order valence-electron chi connectivity index (χ2n) is 4.47. The van der Waals surface area contributed by atoms with Crippen molar-refractivity contribution < 1.29 is 0 Å². The van der Waals surface area contributed by atoms with Crippen LogP contribution in [0.5, 0.6) is 0 Å². The summed E-state index contributed by atoms with van der Waals surface area (Å²) in [7, 11) is 0. The number of rotatable bonds is 7. The molecule has 0 saturated carbocycles. The van der Waals surface area contributed by atoms with E-state index in [4.69, 9.17) is 0 Å². The number of nitrogens with one attached hydrogen (secondary N) is 1. The van der Waals surface area contributed by atoms with Crippen molar-refractivity contribution in [3.63, 3.8) is 0 Å². The average Bonchev–Trinajstić information content (AvgIpc) is 2.84. The van der Waals surface area contributed by atoms with Gasteiger partial charge in [-0.3, -0.25) is 0 Å². The molecule has 102 valence electrons. The Morgan fingerprint density at radius 3 is 2.68 bits per heavy atom. The SMILES string of the molecule is CCCNCc1ccc(SCc2csc(C)n2)cc1. The number of aromatic nitrogens is 1. The lowest BCUT2D eigenvalue weighted by Gasteiger charge is -2.04. The molecule has 0 saturated heterocycles. The van der Waals surface area contributed by atoms with Crippen LogP contribution in [0.2, 0.25) is 0 Å². The summed E-state index contributed by atoms with van der Waals surface area (Å²) in [4.78, 5) is 5.79. The van der Waals surface area contributed by atoms with Crippen molar-refractivity contribution in [2.24, 2.45) is 0 Å². The summed E-state index contributed by atoms with van der Waals surface area (Å²) in [5.41, 5.74) is 2.53. The van der Waals surface area contributed by atoms with Crippen LogP contribution in [0.1, 0.15) is 29.6 Å². The van der Waals surface area contributed by atoms with Gasteiger partial charge in [0.05, 0.1) is 10.7 Å².